The van der Waals surface area contributed by atoms with Gasteiger partial charge in [-0.1, -0.05) is 45.6 Å². The first-order valence-corrected chi connectivity index (χ1v) is 21.9. The van der Waals surface area contributed by atoms with E-state index in [0.717, 1.165) is 56.4 Å². The quantitative estimate of drug-likeness (QED) is 0.0395. The normalized spacial score (nSPS) is 15.3. The molecule has 2 aromatic rings. The molecule has 0 bridgehead atoms. The SMILES string of the molecule is CCCCCOCCCOCCc1cc(S(=O)(=O)Nc2ccc(NNC(=O)C(=O)NC3CC(C)(C)NC(C)(C)C3)cc2)ccc1CCOCCOCCCCC. The molecule has 1 aliphatic heterocycles. The number of nitrogens with one attached hydrogen (secondary N) is 5. The molecule has 56 heavy (non-hydrogen) atoms. The standard InChI is InChI=1S/C42H69N5O8S/c1-7-9-11-22-52-24-13-25-53-27-21-34-30-38(19-14-33(34)20-26-55-29-28-54-23-12-10-8-2)56(50,51)46-36-17-15-35(16-18-36)44-45-40(49)39(48)43-37-31-41(3,4)47-42(5,6)32-37/h14-19,30,37,44,46-47H,7-13,20-29,31-32H2,1-6H3,(H,43,48)(H,45,49). The number of hydrogen-bond donors (Lipinski definition) is 5. The van der Waals surface area contributed by atoms with E-state index >= 15 is 0 Å². The summed E-state index contributed by atoms with van der Waals surface area (Å²) >= 11 is 0. The monoisotopic (exact) mass is 803 g/mol. The molecular formula is C42H69N5O8S. The lowest BCUT2D eigenvalue weighted by Crippen LogP contribution is -2.63. The number of hydrogen-bond acceptors (Lipinski definition) is 10. The van der Waals surface area contributed by atoms with Crippen molar-refractivity contribution in [3.05, 3.63) is 53.6 Å². The summed E-state index contributed by atoms with van der Waals surface area (Å²) in [7, 11) is -3.93. The van der Waals surface area contributed by atoms with Crippen molar-refractivity contribution in [3.63, 3.8) is 0 Å². The van der Waals surface area contributed by atoms with Crippen LogP contribution >= 0.6 is 0 Å². The Morgan fingerprint density at radius 3 is 1.79 bits per heavy atom. The van der Waals surface area contributed by atoms with Crippen molar-refractivity contribution >= 4 is 33.2 Å². The molecule has 0 aromatic heterocycles. The Balaban J connectivity index is 1.54. The van der Waals surface area contributed by atoms with Crippen LogP contribution in [0.15, 0.2) is 47.4 Å². The average molecular weight is 804 g/mol. The molecule has 0 unspecified atom stereocenters. The van der Waals surface area contributed by atoms with Crippen LogP contribution in [0.4, 0.5) is 11.4 Å². The summed E-state index contributed by atoms with van der Waals surface area (Å²) in [5.74, 6) is -1.55. The number of unbranched alkanes of at least 4 members (excludes halogenated alkanes) is 4. The van der Waals surface area contributed by atoms with E-state index in [0.29, 0.717) is 76.7 Å². The summed E-state index contributed by atoms with van der Waals surface area (Å²) in [6.45, 7) is 17.4. The maximum absolute atomic E-state index is 13.5. The third-order valence-electron chi connectivity index (χ3n) is 9.44. The minimum Gasteiger partial charge on any atom is -0.381 e. The Labute approximate surface area is 336 Å². The average Bonchev–Trinajstić information content (AvgIpc) is 3.13. The van der Waals surface area contributed by atoms with E-state index < -0.39 is 21.8 Å². The van der Waals surface area contributed by atoms with Gasteiger partial charge in [0.2, 0.25) is 0 Å². The molecule has 0 aliphatic carbocycles. The number of hydrazine groups is 1. The largest absolute Gasteiger partial charge is 0.381 e. The highest BCUT2D eigenvalue weighted by atomic mass is 32.2. The van der Waals surface area contributed by atoms with E-state index in [1.807, 2.05) is 6.07 Å². The van der Waals surface area contributed by atoms with Crippen LogP contribution in [0, 0.1) is 0 Å². The molecule has 0 radical (unpaired) electrons. The predicted molar refractivity (Wildman–Crippen MR) is 222 cm³/mol. The summed E-state index contributed by atoms with van der Waals surface area (Å²) in [6.07, 6.45) is 10.2. The molecule has 1 aliphatic rings. The van der Waals surface area contributed by atoms with Gasteiger partial charge < -0.3 is 29.6 Å². The van der Waals surface area contributed by atoms with E-state index in [9.17, 15) is 18.0 Å². The number of piperidine rings is 1. The van der Waals surface area contributed by atoms with Gasteiger partial charge in [-0.15, -0.1) is 0 Å². The number of ether oxygens (including phenoxy) is 4. The number of benzene rings is 2. The molecular weight excluding hydrogens is 735 g/mol. The Morgan fingerprint density at radius 2 is 1.18 bits per heavy atom. The lowest BCUT2D eigenvalue weighted by atomic mass is 9.79. The highest BCUT2D eigenvalue weighted by Crippen LogP contribution is 2.28. The Morgan fingerprint density at radius 1 is 0.661 bits per heavy atom. The molecule has 1 saturated heterocycles. The van der Waals surface area contributed by atoms with Gasteiger partial charge in [0.15, 0.2) is 0 Å². The smallest absolute Gasteiger partial charge is 0.327 e. The number of carbonyl (C=O) groups is 2. The molecule has 2 amide bonds. The topological polar surface area (TPSA) is 165 Å². The summed E-state index contributed by atoms with van der Waals surface area (Å²) < 4.78 is 52.8. The van der Waals surface area contributed by atoms with Crippen LogP contribution in [0.25, 0.3) is 0 Å². The third kappa shape index (κ3) is 18.3. The molecule has 0 saturated carbocycles. The molecule has 3 rings (SSSR count). The van der Waals surface area contributed by atoms with Crippen LogP contribution in [-0.2, 0) is 51.4 Å². The van der Waals surface area contributed by atoms with Crippen LogP contribution in [0.3, 0.4) is 0 Å². The van der Waals surface area contributed by atoms with Crippen molar-refractivity contribution in [3.8, 4) is 0 Å². The second-order valence-corrected chi connectivity index (χ2v) is 17.6. The van der Waals surface area contributed by atoms with Crippen molar-refractivity contribution in [1.82, 2.24) is 16.1 Å². The maximum Gasteiger partial charge on any atom is 0.327 e. The lowest BCUT2D eigenvalue weighted by molar-refractivity contribution is -0.139. The van der Waals surface area contributed by atoms with Gasteiger partial charge >= 0.3 is 11.8 Å². The van der Waals surface area contributed by atoms with Crippen LogP contribution in [0.5, 0.6) is 0 Å². The van der Waals surface area contributed by atoms with Gasteiger partial charge in [0, 0.05) is 49.2 Å². The van der Waals surface area contributed by atoms with Gasteiger partial charge in [-0.25, -0.2) is 8.42 Å². The van der Waals surface area contributed by atoms with Crippen LogP contribution in [0.1, 0.15) is 110 Å². The Hall–Kier alpha value is -3.27. The fraction of sp³-hybridized carbons (Fsp3) is 0.667. The predicted octanol–water partition coefficient (Wildman–Crippen LogP) is 6.28. The molecule has 0 spiro atoms. The lowest BCUT2D eigenvalue weighted by Gasteiger charge is -2.46. The maximum atomic E-state index is 13.5. The van der Waals surface area contributed by atoms with Crippen LogP contribution < -0.4 is 26.2 Å². The van der Waals surface area contributed by atoms with Crippen molar-refractivity contribution in [2.75, 3.05) is 63.0 Å². The van der Waals surface area contributed by atoms with Crippen molar-refractivity contribution in [2.24, 2.45) is 0 Å². The first kappa shape index (κ1) is 47.1. The summed E-state index contributed by atoms with van der Waals surface area (Å²) in [5.41, 5.74) is 7.49. The van der Waals surface area contributed by atoms with Gasteiger partial charge in [-0.2, -0.15) is 0 Å². The first-order chi connectivity index (χ1) is 26.7. The van der Waals surface area contributed by atoms with Crippen molar-refractivity contribution in [1.29, 1.82) is 0 Å². The van der Waals surface area contributed by atoms with Crippen LogP contribution in [0.2, 0.25) is 0 Å². The third-order valence-corrected chi connectivity index (χ3v) is 10.8. The summed E-state index contributed by atoms with van der Waals surface area (Å²) in [6, 6.07) is 11.4. The molecule has 316 valence electrons. The number of sulfonamides is 1. The number of amides is 2. The van der Waals surface area contributed by atoms with E-state index in [1.54, 1.807) is 36.4 Å². The summed E-state index contributed by atoms with van der Waals surface area (Å²) in [5, 5.41) is 6.40. The molecule has 14 heteroatoms. The Bertz CT molecular complexity index is 1550. The molecule has 13 nitrogen and oxygen atoms in total. The molecule has 1 heterocycles. The van der Waals surface area contributed by atoms with E-state index in [4.69, 9.17) is 18.9 Å². The first-order valence-electron chi connectivity index (χ1n) is 20.5. The van der Waals surface area contributed by atoms with E-state index in [2.05, 4.69) is 67.7 Å². The Kier molecular flexibility index (Phi) is 20.6. The van der Waals surface area contributed by atoms with Crippen molar-refractivity contribution in [2.45, 2.75) is 134 Å². The zero-order valence-corrected chi connectivity index (χ0v) is 35.5. The molecule has 0 atom stereocenters. The molecule has 5 N–H and O–H groups in total. The van der Waals surface area contributed by atoms with Gasteiger partial charge in [0.05, 0.1) is 37.0 Å². The number of rotatable bonds is 27. The molecule has 2 aromatic carbocycles. The van der Waals surface area contributed by atoms with E-state index in [-0.39, 0.29) is 22.0 Å². The minimum atomic E-state index is -3.93. The second kappa shape index (κ2) is 24.5. The van der Waals surface area contributed by atoms with Gasteiger partial charge in [-0.05, 0) is 120 Å². The summed E-state index contributed by atoms with van der Waals surface area (Å²) in [4.78, 5) is 25.3. The highest BCUT2D eigenvalue weighted by Gasteiger charge is 2.38. The van der Waals surface area contributed by atoms with Gasteiger partial charge in [0.25, 0.3) is 10.0 Å². The fourth-order valence-corrected chi connectivity index (χ4v) is 8.11. The second-order valence-electron chi connectivity index (χ2n) is 15.9. The fourth-order valence-electron chi connectivity index (χ4n) is 7.00. The zero-order valence-electron chi connectivity index (χ0n) is 34.7. The van der Waals surface area contributed by atoms with Gasteiger partial charge in [0.1, 0.15) is 0 Å². The highest BCUT2D eigenvalue weighted by molar-refractivity contribution is 7.92. The number of carbonyl (C=O) groups excluding carboxylic acids is 2. The van der Waals surface area contributed by atoms with E-state index in [1.165, 1.54) is 12.8 Å². The minimum absolute atomic E-state index is 0.138. The van der Waals surface area contributed by atoms with Crippen LogP contribution in [-0.4, -0.2) is 90.2 Å². The molecule has 1 fully saturated rings. The van der Waals surface area contributed by atoms with Crippen molar-refractivity contribution < 1.29 is 37.0 Å². The van der Waals surface area contributed by atoms with Gasteiger partial charge in [-0.3, -0.25) is 25.2 Å². The number of anilines is 2. The zero-order chi connectivity index (χ0) is 40.9.